The van der Waals surface area contributed by atoms with Crippen molar-refractivity contribution in [1.29, 1.82) is 0 Å². The number of piperazine rings is 1. The molecule has 0 saturated carbocycles. The largest absolute Gasteiger partial charge is 0.506 e. The minimum atomic E-state index is -4.57. The molecule has 1 saturated heterocycles. The van der Waals surface area contributed by atoms with Crippen LogP contribution >= 0.6 is 0 Å². The fourth-order valence-electron chi connectivity index (χ4n) is 2.00. The van der Waals surface area contributed by atoms with Crippen LogP contribution in [0.15, 0.2) is 35.9 Å². The first-order valence-corrected chi connectivity index (χ1v) is 7.30. The summed E-state index contributed by atoms with van der Waals surface area (Å²) in [6, 6.07) is 7.05. The highest BCUT2D eigenvalue weighted by molar-refractivity contribution is 7.89. The summed E-state index contributed by atoms with van der Waals surface area (Å²) in [5.41, 5.74) is 0.754. The molecule has 5 nitrogen and oxygen atoms in total. The zero-order chi connectivity index (χ0) is 13.9. The number of benzene rings is 1. The van der Waals surface area contributed by atoms with Crippen LogP contribution < -0.4 is 4.90 Å². The van der Waals surface area contributed by atoms with E-state index in [4.69, 9.17) is 0 Å². The van der Waals surface area contributed by atoms with Gasteiger partial charge in [0.15, 0.2) is 0 Å². The molecule has 0 unspecified atom stereocenters. The molecule has 0 aromatic heterocycles. The Hall–Kier alpha value is -1.76. The molecule has 0 spiro atoms. The zero-order valence-corrected chi connectivity index (χ0v) is 11.1. The van der Waals surface area contributed by atoms with Gasteiger partial charge in [0.1, 0.15) is 5.75 Å². The summed E-state index contributed by atoms with van der Waals surface area (Å²) in [4.78, 5) is 3.73. The molecule has 0 atom stereocenters. The standard InChI is InChI=1S/C12H15FN2O3S/c13-19(17,18)10-9-14-5-7-15(8-6-14)11-3-1-2-4-12(11)16/h1-4,9-10,16H,5-8H2/b10-9+. The van der Waals surface area contributed by atoms with Crippen LogP contribution in [0.2, 0.25) is 0 Å². The Morgan fingerprint density at radius 1 is 1.16 bits per heavy atom. The van der Waals surface area contributed by atoms with Gasteiger partial charge in [0, 0.05) is 32.4 Å². The number of phenols is 1. The first kappa shape index (κ1) is 13.7. The van der Waals surface area contributed by atoms with Gasteiger partial charge in [-0.3, -0.25) is 0 Å². The molecule has 1 aromatic carbocycles. The molecule has 2 rings (SSSR count). The highest BCUT2D eigenvalue weighted by Crippen LogP contribution is 2.27. The predicted octanol–water partition coefficient (Wildman–Crippen LogP) is 1.28. The van der Waals surface area contributed by atoms with Crippen molar-refractivity contribution in [2.45, 2.75) is 0 Å². The van der Waals surface area contributed by atoms with Gasteiger partial charge < -0.3 is 14.9 Å². The van der Waals surface area contributed by atoms with Crippen LogP contribution in [0.5, 0.6) is 5.75 Å². The minimum Gasteiger partial charge on any atom is -0.506 e. The Kier molecular flexibility index (Phi) is 3.94. The topological polar surface area (TPSA) is 60.9 Å². The molecule has 1 aliphatic rings. The summed E-state index contributed by atoms with van der Waals surface area (Å²) in [6.45, 7) is 2.41. The quantitative estimate of drug-likeness (QED) is 0.848. The first-order valence-electron chi connectivity index (χ1n) is 5.85. The SMILES string of the molecule is O=S(=O)(F)/C=C/N1CCN(c2ccccc2O)CC1. The lowest BCUT2D eigenvalue weighted by atomic mass is 10.2. The van der Waals surface area contributed by atoms with Crippen molar-refractivity contribution in [3.05, 3.63) is 35.9 Å². The van der Waals surface area contributed by atoms with Gasteiger partial charge in [-0.2, -0.15) is 8.42 Å². The highest BCUT2D eigenvalue weighted by atomic mass is 32.3. The average molecular weight is 286 g/mol. The van der Waals surface area contributed by atoms with Crippen LogP contribution in [0.1, 0.15) is 0 Å². The molecule has 0 bridgehead atoms. The lowest BCUT2D eigenvalue weighted by molar-refractivity contribution is 0.347. The maximum absolute atomic E-state index is 12.4. The number of nitrogens with zero attached hydrogens (tertiary/aromatic N) is 2. The minimum absolute atomic E-state index is 0.220. The van der Waals surface area contributed by atoms with Crippen LogP contribution in [0.3, 0.4) is 0 Å². The van der Waals surface area contributed by atoms with E-state index >= 15 is 0 Å². The molecule has 19 heavy (non-hydrogen) atoms. The summed E-state index contributed by atoms with van der Waals surface area (Å²) in [5, 5.41) is 10.3. The van der Waals surface area contributed by atoms with E-state index in [-0.39, 0.29) is 5.75 Å². The highest BCUT2D eigenvalue weighted by Gasteiger charge is 2.17. The number of rotatable bonds is 3. The fraction of sp³-hybridized carbons (Fsp3) is 0.333. The smallest absolute Gasteiger partial charge is 0.326 e. The maximum Gasteiger partial charge on any atom is 0.326 e. The number of anilines is 1. The van der Waals surface area contributed by atoms with Crippen LogP contribution in [0.4, 0.5) is 9.57 Å². The molecule has 1 aliphatic heterocycles. The second-order valence-electron chi connectivity index (χ2n) is 4.27. The average Bonchev–Trinajstić information content (AvgIpc) is 2.37. The van der Waals surface area contributed by atoms with Gasteiger partial charge in [-0.05, 0) is 12.1 Å². The molecule has 1 N–H and O–H groups in total. The fourth-order valence-corrected chi connectivity index (χ4v) is 2.32. The van der Waals surface area contributed by atoms with Crippen molar-refractivity contribution >= 4 is 15.9 Å². The van der Waals surface area contributed by atoms with Gasteiger partial charge in [0.25, 0.3) is 0 Å². The number of hydrogen-bond acceptors (Lipinski definition) is 5. The molecule has 1 aromatic rings. The third kappa shape index (κ3) is 3.85. The van der Waals surface area contributed by atoms with Crippen molar-refractivity contribution in [2.75, 3.05) is 31.1 Å². The van der Waals surface area contributed by atoms with E-state index in [1.54, 1.807) is 17.0 Å². The Balaban J connectivity index is 1.97. The maximum atomic E-state index is 12.4. The summed E-state index contributed by atoms with van der Waals surface area (Å²) >= 11 is 0. The van der Waals surface area contributed by atoms with E-state index in [9.17, 15) is 17.4 Å². The molecule has 7 heteroatoms. The number of phenolic OH excluding ortho intramolecular Hbond substituents is 1. The van der Waals surface area contributed by atoms with Crippen LogP contribution in [-0.2, 0) is 10.2 Å². The Bertz CT molecular complexity index is 566. The van der Waals surface area contributed by atoms with Gasteiger partial charge in [-0.1, -0.05) is 12.1 Å². The summed E-state index contributed by atoms with van der Waals surface area (Å²) in [5.74, 6) is 0.220. The molecule has 1 fully saturated rings. The molecule has 0 aliphatic carbocycles. The molecular weight excluding hydrogens is 271 g/mol. The van der Waals surface area contributed by atoms with Gasteiger partial charge in [0.2, 0.25) is 0 Å². The third-order valence-electron chi connectivity index (χ3n) is 2.97. The molecule has 0 amide bonds. The Labute approximate surface area is 111 Å². The second-order valence-corrected chi connectivity index (χ2v) is 5.50. The van der Waals surface area contributed by atoms with Crippen LogP contribution in [0, 0.1) is 0 Å². The van der Waals surface area contributed by atoms with Crippen molar-refractivity contribution in [1.82, 2.24) is 4.90 Å². The number of halogens is 1. The van der Waals surface area contributed by atoms with Crippen molar-refractivity contribution < 1.29 is 17.4 Å². The van der Waals surface area contributed by atoms with Gasteiger partial charge in [0.05, 0.1) is 11.1 Å². The van der Waals surface area contributed by atoms with Gasteiger partial charge in [-0.25, -0.2) is 0 Å². The van der Waals surface area contributed by atoms with Gasteiger partial charge >= 0.3 is 10.2 Å². The molecule has 0 radical (unpaired) electrons. The molecular formula is C12H15FN2O3S. The third-order valence-corrected chi connectivity index (χ3v) is 3.42. The summed E-state index contributed by atoms with van der Waals surface area (Å²) < 4.78 is 33.1. The van der Waals surface area contributed by atoms with Gasteiger partial charge in [-0.15, -0.1) is 3.89 Å². The summed E-state index contributed by atoms with van der Waals surface area (Å²) in [7, 11) is -4.57. The number of hydrogen-bond donors (Lipinski definition) is 1. The Morgan fingerprint density at radius 3 is 2.37 bits per heavy atom. The van der Waals surface area contributed by atoms with Crippen LogP contribution in [0.25, 0.3) is 0 Å². The lowest BCUT2D eigenvalue weighted by Crippen LogP contribution is -2.44. The van der Waals surface area contributed by atoms with Crippen molar-refractivity contribution in [3.8, 4) is 5.75 Å². The van der Waals surface area contributed by atoms with E-state index in [0.717, 1.165) is 5.69 Å². The number of para-hydroxylation sites is 2. The number of aromatic hydroxyl groups is 1. The van der Waals surface area contributed by atoms with Crippen LogP contribution in [-0.4, -0.2) is 44.6 Å². The van der Waals surface area contributed by atoms with E-state index in [1.807, 2.05) is 17.0 Å². The van der Waals surface area contributed by atoms with E-state index in [2.05, 4.69) is 0 Å². The predicted molar refractivity (Wildman–Crippen MR) is 71.1 cm³/mol. The van der Waals surface area contributed by atoms with Crippen molar-refractivity contribution in [2.24, 2.45) is 0 Å². The monoisotopic (exact) mass is 286 g/mol. The lowest BCUT2D eigenvalue weighted by Gasteiger charge is -2.35. The molecule has 104 valence electrons. The zero-order valence-electron chi connectivity index (χ0n) is 10.2. The normalized spacial score (nSPS) is 17.1. The first-order chi connectivity index (χ1) is 8.96. The molecule has 1 heterocycles. The van der Waals surface area contributed by atoms with E-state index < -0.39 is 10.2 Å². The van der Waals surface area contributed by atoms with E-state index in [0.29, 0.717) is 31.6 Å². The summed E-state index contributed by atoms with van der Waals surface area (Å²) in [6.07, 6.45) is 1.25. The van der Waals surface area contributed by atoms with Crippen molar-refractivity contribution in [3.63, 3.8) is 0 Å². The van der Waals surface area contributed by atoms with E-state index in [1.165, 1.54) is 6.20 Å². The Morgan fingerprint density at radius 2 is 1.79 bits per heavy atom. The second kappa shape index (κ2) is 5.48.